The van der Waals surface area contributed by atoms with E-state index in [1.807, 2.05) is 0 Å². The first kappa shape index (κ1) is 9.37. The van der Waals surface area contributed by atoms with E-state index in [1.54, 1.807) is 0 Å². The molecule has 1 aliphatic heterocycles. The van der Waals surface area contributed by atoms with Gasteiger partial charge in [0.1, 0.15) is 6.10 Å². The summed E-state index contributed by atoms with van der Waals surface area (Å²) in [5, 5.41) is 0. The highest BCUT2D eigenvalue weighted by Crippen LogP contribution is 2.49. The number of hydrogen-bond acceptors (Lipinski definition) is 2. The smallest absolute Gasteiger partial charge is 0.105 e. The maximum atomic E-state index is 5.41. The van der Waals surface area contributed by atoms with Gasteiger partial charge in [0.15, 0.2) is 0 Å². The van der Waals surface area contributed by atoms with Crippen LogP contribution in [0.1, 0.15) is 31.2 Å². The molecular weight excluding hydrogens is 188 g/mol. The second-order valence-corrected chi connectivity index (χ2v) is 4.57. The van der Waals surface area contributed by atoms with E-state index in [0.717, 1.165) is 13.0 Å². The van der Waals surface area contributed by atoms with Gasteiger partial charge in [-0.15, -0.1) is 0 Å². The molecule has 1 aliphatic carbocycles. The van der Waals surface area contributed by atoms with Crippen molar-refractivity contribution in [3.05, 3.63) is 35.9 Å². The molecule has 1 aromatic carbocycles. The third kappa shape index (κ3) is 1.40. The van der Waals surface area contributed by atoms with Gasteiger partial charge in [-0.2, -0.15) is 0 Å². The van der Waals surface area contributed by atoms with E-state index in [-0.39, 0.29) is 11.5 Å². The summed E-state index contributed by atoms with van der Waals surface area (Å²) in [6.45, 7) is 0.749. The van der Waals surface area contributed by atoms with Crippen LogP contribution in [0.2, 0.25) is 0 Å². The Hall–Kier alpha value is -0.860. The molecule has 0 aromatic heterocycles. The molecule has 1 aromatic rings. The SMILES string of the molecule is c1ccc(C2(C3CCOO3)CCC2)cc1. The summed E-state index contributed by atoms with van der Waals surface area (Å²) in [5.41, 5.74) is 1.67. The minimum Gasteiger partial charge on any atom is -0.236 e. The Kier molecular flexibility index (Phi) is 2.26. The van der Waals surface area contributed by atoms with Crippen LogP contribution < -0.4 is 0 Å². The Balaban J connectivity index is 1.92. The lowest BCUT2D eigenvalue weighted by molar-refractivity contribution is -0.291. The van der Waals surface area contributed by atoms with Crippen molar-refractivity contribution in [3.8, 4) is 0 Å². The fourth-order valence-corrected chi connectivity index (χ4v) is 2.83. The van der Waals surface area contributed by atoms with E-state index in [9.17, 15) is 0 Å². The zero-order chi connectivity index (χ0) is 10.1. The molecule has 0 radical (unpaired) electrons. The molecule has 1 heterocycles. The van der Waals surface area contributed by atoms with Gasteiger partial charge in [0.25, 0.3) is 0 Å². The summed E-state index contributed by atoms with van der Waals surface area (Å²) in [4.78, 5) is 10.5. The third-order valence-corrected chi connectivity index (χ3v) is 3.86. The van der Waals surface area contributed by atoms with E-state index in [4.69, 9.17) is 9.78 Å². The van der Waals surface area contributed by atoms with E-state index >= 15 is 0 Å². The highest BCUT2D eigenvalue weighted by atomic mass is 17.2. The Labute approximate surface area is 90.1 Å². The molecular formula is C13H16O2. The highest BCUT2D eigenvalue weighted by molar-refractivity contribution is 5.30. The first-order valence-corrected chi connectivity index (χ1v) is 5.76. The van der Waals surface area contributed by atoms with Crippen molar-refractivity contribution in [2.75, 3.05) is 6.61 Å². The van der Waals surface area contributed by atoms with Crippen LogP contribution in [0.5, 0.6) is 0 Å². The predicted octanol–water partition coefficient (Wildman–Crippen LogP) is 2.83. The van der Waals surface area contributed by atoms with Crippen LogP contribution in [0.25, 0.3) is 0 Å². The average molecular weight is 204 g/mol. The third-order valence-electron chi connectivity index (χ3n) is 3.86. The zero-order valence-corrected chi connectivity index (χ0v) is 8.82. The predicted molar refractivity (Wildman–Crippen MR) is 57.4 cm³/mol. The summed E-state index contributed by atoms with van der Waals surface area (Å²) in [7, 11) is 0. The van der Waals surface area contributed by atoms with Gasteiger partial charge in [0, 0.05) is 11.8 Å². The van der Waals surface area contributed by atoms with Crippen molar-refractivity contribution in [3.63, 3.8) is 0 Å². The molecule has 3 rings (SSSR count). The molecule has 2 aliphatic rings. The monoisotopic (exact) mass is 204 g/mol. The maximum absolute atomic E-state index is 5.41. The minimum absolute atomic E-state index is 0.248. The lowest BCUT2D eigenvalue weighted by Crippen LogP contribution is -2.45. The van der Waals surface area contributed by atoms with E-state index in [2.05, 4.69) is 30.3 Å². The van der Waals surface area contributed by atoms with Gasteiger partial charge in [-0.1, -0.05) is 36.8 Å². The average Bonchev–Trinajstić information content (AvgIpc) is 2.72. The molecule has 2 nitrogen and oxygen atoms in total. The molecule has 2 heteroatoms. The van der Waals surface area contributed by atoms with E-state index < -0.39 is 0 Å². The first-order chi connectivity index (χ1) is 7.42. The lowest BCUT2D eigenvalue weighted by Gasteiger charge is -2.45. The summed E-state index contributed by atoms with van der Waals surface area (Å²) in [5.74, 6) is 0. The Morgan fingerprint density at radius 1 is 1.13 bits per heavy atom. The summed E-state index contributed by atoms with van der Waals surface area (Å²) in [6.07, 6.45) is 5.10. The van der Waals surface area contributed by atoms with Gasteiger partial charge in [-0.05, 0) is 18.4 Å². The molecule has 1 saturated heterocycles. The summed E-state index contributed by atoms with van der Waals surface area (Å²) >= 11 is 0. The van der Waals surface area contributed by atoms with Crippen LogP contribution in [0, 0.1) is 0 Å². The maximum Gasteiger partial charge on any atom is 0.105 e. The Morgan fingerprint density at radius 2 is 1.93 bits per heavy atom. The van der Waals surface area contributed by atoms with E-state index in [0.29, 0.717) is 0 Å². The number of hydrogen-bond donors (Lipinski definition) is 0. The van der Waals surface area contributed by atoms with Crippen LogP contribution in [0.3, 0.4) is 0 Å². The molecule has 0 bridgehead atoms. The lowest BCUT2D eigenvalue weighted by atomic mass is 9.60. The number of rotatable bonds is 2. The topological polar surface area (TPSA) is 18.5 Å². The summed E-state index contributed by atoms with van der Waals surface area (Å²) in [6, 6.07) is 10.7. The van der Waals surface area contributed by atoms with Crippen LogP contribution in [0.15, 0.2) is 30.3 Å². The van der Waals surface area contributed by atoms with Gasteiger partial charge in [-0.25, -0.2) is 9.78 Å². The fraction of sp³-hybridized carbons (Fsp3) is 0.538. The van der Waals surface area contributed by atoms with Crippen LogP contribution >= 0.6 is 0 Å². The highest BCUT2D eigenvalue weighted by Gasteiger charge is 2.48. The normalized spacial score (nSPS) is 28.7. The van der Waals surface area contributed by atoms with Gasteiger partial charge >= 0.3 is 0 Å². The van der Waals surface area contributed by atoms with Crippen molar-refractivity contribution >= 4 is 0 Å². The number of benzene rings is 1. The van der Waals surface area contributed by atoms with Gasteiger partial charge < -0.3 is 0 Å². The van der Waals surface area contributed by atoms with E-state index in [1.165, 1.54) is 24.8 Å². The second-order valence-electron chi connectivity index (χ2n) is 4.57. The molecule has 1 unspecified atom stereocenters. The molecule has 1 saturated carbocycles. The van der Waals surface area contributed by atoms with Crippen molar-refractivity contribution in [2.45, 2.75) is 37.2 Å². The van der Waals surface area contributed by atoms with Gasteiger partial charge in [0.2, 0.25) is 0 Å². The second kappa shape index (κ2) is 3.62. The fourth-order valence-electron chi connectivity index (χ4n) is 2.83. The molecule has 0 amide bonds. The van der Waals surface area contributed by atoms with Crippen molar-refractivity contribution in [1.82, 2.24) is 0 Å². The molecule has 15 heavy (non-hydrogen) atoms. The molecule has 1 atom stereocenters. The zero-order valence-electron chi connectivity index (χ0n) is 8.82. The molecule has 2 fully saturated rings. The van der Waals surface area contributed by atoms with Gasteiger partial charge in [-0.3, -0.25) is 0 Å². The quantitative estimate of drug-likeness (QED) is 0.690. The van der Waals surface area contributed by atoms with Crippen molar-refractivity contribution in [2.24, 2.45) is 0 Å². The molecule has 0 spiro atoms. The van der Waals surface area contributed by atoms with Crippen molar-refractivity contribution in [1.29, 1.82) is 0 Å². The largest absolute Gasteiger partial charge is 0.236 e. The van der Waals surface area contributed by atoms with Crippen LogP contribution in [0.4, 0.5) is 0 Å². The summed E-state index contributed by atoms with van der Waals surface area (Å²) < 4.78 is 0. The molecule has 0 N–H and O–H groups in total. The van der Waals surface area contributed by atoms with Crippen LogP contribution in [-0.4, -0.2) is 12.7 Å². The Morgan fingerprint density at radius 3 is 2.47 bits per heavy atom. The Bertz CT molecular complexity index is 324. The molecule has 80 valence electrons. The van der Waals surface area contributed by atoms with Crippen molar-refractivity contribution < 1.29 is 9.78 Å². The van der Waals surface area contributed by atoms with Gasteiger partial charge in [0.05, 0.1) is 6.61 Å². The minimum atomic E-state index is 0.248. The van der Waals surface area contributed by atoms with Crippen LogP contribution in [-0.2, 0) is 15.2 Å². The standard InChI is InChI=1S/C13H16O2/c1-2-5-11(6-3-1)13(8-4-9-13)12-7-10-14-15-12/h1-3,5-6,12H,4,7-10H2. The first-order valence-electron chi connectivity index (χ1n) is 5.76.